The minimum absolute atomic E-state index is 0.276. The van der Waals surface area contributed by atoms with E-state index in [1.165, 1.54) is 0 Å². The van der Waals surface area contributed by atoms with Crippen LogP contribution in [0.5, 0.6) is 5.75 Å². The van der Waals surface area contributed by atoms with E-state index < -0.39 is 5.92 Å². The second kappa shape index (κ2) is 8.63. The monoisotopic (exact) mass is 426 g/mol. The van der Waals surface area contributed by atoms with Crippen LogP contribution in [0.15, 0.2) is 54.9 Å². The van der Waals surface area contributed by atoms with Crippen molar-refractivity contribution in [3.05, 3.63) is 77.8 Å². The number of carbonyl (C=O) groups excluding carboxylic acids is 1. The van der Waals surface area contributed by atoms with Gasteiger partial charge in [-0.2, -0.15) is 5.26 Å². The average Bonchev–Trinajstić information content (AvgIpc) is 3.34. The van der Waals surface area contributed by atoms with E-state index in [1.54, 1.807) is 24.3 Å². The van der Waals surface area contributed by atoms with Gasteiger partial charge in [0.2, 0.25) is 0 Å². The molecule has 1 atom stereocenters. The maximum atomic E-state index is 13.2. The van der Waals surface area contributed by atoms with Crippen LogP contribution in [0.3, 0.4) is 0 Å². The fourth-order valence-electron chi connectivity index (χ4n) is 4.07. The summed E-state index contributed by atoms with van der Waals surface area (Å²) in [6.45, 7) is 1.02. The topological polar surface area (TPSA) is 98.1 Å². The molecule has 32 heavy (non-hydrogen) atoms. The second-order valence-electron chi connectivity index (χ2n) is 7.88. The number of fused-ring (bicyclic) bond motifs is 2. The van der Waals surface area contributed by atoms with Crippen LogP contribution in [0, 0.1) is 11.3 Å². The van der Waals surface area contributed by atoms with Crippen molar-refractivity contribution in [1.29, 1.82) is 5.26 Å². The van der Waals surface area contributed by atoms with Crippen molar-refractivity contribution in [1.82, 2.24) is 24.1 Å². The molecule has 0 amide bonds. The molecule has 1 aliphatic rings. The lowest BCUT2D eigenvalue weighted by atomic mass is 9.97. The predicted octanol–water partition coefficient (Wildman–Crippen LogP) is 3.72. The van der Waals surface area contributed by atoms with Gasteiger partial charge in [-0.05, 0) is 37.1 Å². The average molecular weight is 426 g/mol. The minimum atomic E-state index is -0.997. The molecule has 4 aromatic rings. The number of rotatable bonds is 6. The Balaban J connectivity index is 1.34. The third-order valence-electron chi connectivity index (χ3n) is 5.71. The van der Waals surface area contributed by atoms with Crippen LogP contribution >= 0.6 is 0 Å². The number of hydrogen-bond acceptors (Lipinski definition) is 6. The quantitative estimate of drug-likeness (QED) is 0.436. The highest BCUT2D eigenvalue weighted by Gasteiger charge is 2.29. The van der Waals surface area contributed by atoms with Crippen LogP contribution in [-0.4, -0.2) is 29.9 Å². The maximum absolute atomic E-state index is 13.2. The van der Waals surface area contributed by atoms with Gasteiger partial charge < -0.3 is 13.7 Å². The van der Waals surface area contributed by atoms with Crippen LogP contribution in [0.2, 0.25) is 0 Å². The van der Waals surface area contributed by atoms with E-state index in [9.17, 15) is 10.1 Å². The van der Waals surface area contributed by atoms with Gasteiger partial charge >= 0.3 is 0 Å². The van der Waals surface area contributed by atoms with E-state index in [4.69, 9.17) is 4.74 Å². The Morgan fingerprint density at radius 2 is 2.09 bits per heavy atom. The molecule has 0 fully saturated rings. The Kier molecular flexibility index (Phi) is 5.38. The van der Waals surface area contributed by atoms with Crippen LogP contribution in [0.25, 0.3) is 5.65 Å². The molecule has 3 aromatic heterocycles. The molecule has 160 valence electrons. The number of aryl methyl sites for hydroxylation is 1. The van der Waals surface area contributed by atoms with Gasteiger partial charge in [-0.15, -0.1) is 10.2 Å². The molecular weight excluding hydrogens is 404 g/mol. The molecule has 8 nitrogen and oxygen atoms in total. The smallest absolute Gasteiger partial charge is 0.187 e. The van der Waals surface area contributed by atoms with E-state index in [1.807, 2.05) is 39.6 Å². The van der Waals surface area contributed by atoms with Crippen molar-refractivity contribution >= 4 is 11.4 Å². The molecule has 8 heteroatoms. The minimum Gasteiger partial charge on any atom is -0.487 e. The van der Waals surface area contributed by atoms with E-state index in [0.29, 0.717) is 17.1 Å². The van der Waals surface area contributed by atoms with E-state index >= 15 is 0 Å². The fraction of sp³-hybridized carbons (Fsp3) is 0.292. The van der Waals surface area contributed by atoms with Gasteiger partial charge in [0, 0.05) is 30.9 Å². The van der Waals surface area contributed by atoms with E-state index in [-0.39, 0.29) is 12.4 Å². The lowest BCUT2D eigenvalue weighted by Crippen LogP contribution is -2.17. The van der Waals surface area contributed by atoms with Crippen molar-refractivity contribution in [2.45, 2.75) is 44.8 Å². The number of benzene rings is 1. The molecule has 1 unspecified atom stereocenters. The van der Waals surface area contributed by atoms with Crippen LogP contribution in [0.4, 0.5) is 0 Å². The Morgan fingerprint density at radius 1 is 1.16 bits per heavy atom. The first-order chi connectivity index (χ1) is 15.7. The molecule has 0 spiro atoms. The molecule has 0 bridgehead atoms. The Hall–Kier alpha value is -3.99. The fourth-order valence-corrected chi connectivity index (χ4v) is 4.07. The second-order valence-corrected chi connectivity index (χ2v) is 7.88. The summed E-state index contributed by atoms with van der Waals surface area (Å²) in [5.74, 6) is 0.540. The zero-order chi connectivity index (χ0) is 21.9. The predicted molar refractivity (Wildman–Crippen MR) is 116 cm³/mol. The third-order valence-corrected chi connectivity index (χ3v) is 5.71. The number of hydrogen-bond donors (Lipinski definition) is 0. The lowest BCUT2D eigenvalue weighted by Gasteiger charge is -2.12. The number of ether oxygens (including phenoxy) is 1. The largest absolute Gasteiger partial charge is 0.487 e. The summed E-state index contributed by atoms with van der Waals surface area (Å²) in [5, 5.41) is 18.2. The highest BCUT2D eigenvalue weighted by Crippen LogP contribution is 2.25. The number of ketones is 1. The summed E-state index contributed by atoms with van der Waals surface area (Å²) in [4.78, 5) is 17.7. The normalized spacial score (nSPS) is 14.3. The van der Waals surface area contributed by atoms with Crippen LogP contribution in [-0.2, 0) is 19.6 Å². The van der Waals surface area contributed by atoms with Gasteiger partial charge in [0.05, 0.1) is 11.8 Å². The van der Waals surface area contributed by atoms with Gasteiger partial charge in [-0.1, -0.05) is 24.6 Å². The molecule has 1 aromatic carbocycles. The first kappa shape index (κ1) is 19.9. The summed E-state index contributed by atoms with van der Waals surface area (Å²) in [7, 11) is 0. The van der Waals surface area contributed by atoms with Crippen molar-refractivity contribution in [3.63, 3.8) is 0 Å². The Bertz CT molecular complexity index is 1280. The Morgan fingerprint density at radius 3 is 2.97 bits per heavy atom. The van der Waals surface area contributed by atoms with Crippen molar-refractivity contribution in [2.24, 2.45) is 0 Å². The van der Waals surface area contributed by atoms with Gasteiger partial charge in [0.25, 0.3) is 0 Å². The standard InChI is InChI=1S/C24H22N6O2/c25-14-20(24-28-27-22-10-2-1-4-12-30(22)24)23(31)17-7-6-8-19(13-17)32-16-18-15-29-11-5-3-9-21(29)26-18/h3,5-9,11,13,15,20H,1-2,4,10,12,16H2. The van der Waals surface area contributed by atoms with E-state index in [0.717, 1.165) is 49.4 Å². The summed E-state index contributed by atoms with van der Waals surface area (Å²) in [6.07, 6.45) is 7.82. The molecule has 0 N–H and O–H groups in total. The molecular formula is C24H22N6O2. The molecule has 5 rings (SSSR count). The number of Topliss-reactive ketones (excluding diaryl/α,β-unsaturated/α-hetero) is 1. The van der Waals surface area contributed by atoms with Crippen LogP contribution in [0.1, 0.15) is 52.9 Å². The summed E-state index contributed by atoms with van der Waals surface area (Å²) in [5.41, 5.74) is 2.04. The van der Waals surface area contributed by atoms with Crippen molar-refractivity contribution in [2.75, 3.05) is 0 Å². The van der Waals surface area contributed by atoms with Gasteiger partial charge in [0.15, 0.2) is 17.5 Å². The highest BCUT2D eigenvalue weighted by molar-refractivity contribution is 6.02. The molecule has 0 saturated carbocycles. The number of aromatic nitrogens is 5. The number of pyridine rings is 1. The van der Waals surface area contributed by atoms with Gasteiger partial charge in [-0.3, -0.25) is 4.79 Å². The first-order valence-corrected chi connectivity index (χ1v) is 10.7. The summed E-state index contributed by atoms with van der Waals surface area (Å²) < 4.78 is 9.75. The molecule has 1 aliphatic heterocycles. The van der Waals surface area contributed by atoms with Crippen molar-refractivity contribution < 1.29 is 9.53 Å². The lowest BCUT2D eigenvalue weighted by molar-refractivity contribution is 0.0974. The highest BCUT2D eigenvalue weighted by atomic mass is 16.5. The molecule has 0 aliphatic carbocycles. The maximum Gasteiger partial charge on any atom is 0.187 e. The zero-order valence-corrected chi connectivity index (χ0v) is 17.5. The zero-order valence-electron chi connectivity index (χ0n) is 17.5. The number of imidazole rings is 1. The molecule has 4 heterocycles. The van der Waals surface area contributed by atoms with Crippen molar-refractivity contribution in [3.8, 4) is 11.8 Å². The van der Waals surface area contributed by atoms with Crippen LogP contribution < -0.4 is 4.74 Å². The third kappa shape index (κ3) is 3.85. The molecule has 0 saturated heterocycles. The summed E-state index contributed by atoms with van der Waals surface area (Å²) in [6, 6.07) is 14.8. The number of carbonyl (C=O) groups is 1. The van der Waals surface area contributed by atoms with Gasteiger partial charge in [-0.25, -0.2) is 4.98 Å². The molecule has 0 radical (unpaired) electrons. The number of nitriles is 1. The first-order valence-electron chi connectivity index (χ1n) is 10.7. The van der Waals surface area contributed by atoms with E-state index in [2.05, 4.69) is 21.3 Å². The SMILES string of the molecule is N#CC(C(=O)c1cccc(OCc2cn3ccccc3n2)c1)c1nnc2n1CCCCC2. The Labute approximate surface area is 185 Å². The summed E-state index contributed by atoms with van der Waals surface area (Å²) >= 11 is 0. The van der Waals surface area contributed by atoms with Gasteiger partial charge in [0.1, 0.15) is 23.8 Å². The number of nitrogens with zero attached hydrogens (tertiary/aromatic N) is 6.